The van der Waals surface area contributed by atoms with Gasteiger partial charge in [-0.25, -0.2) is 15.0 Å². The number of rotatable bonds is 4. The Morgan fingerprint density at radius 3 is 2.44 bits per heavy atom. The Balaban J connectivity index is 1.06. The summed E-state index contributed by atoms with van der Waals surface area (Å²) >= 11 is 0. The summed E-state index contributed by atoms with van der Waals surface area (Å²) in [6.45, 7) is 0. The maximum atomic E-state index is 5.47. The first-order valence-corrected chi connectivity index (χ1v) is 17.6. The quantitative estimate of drug-likeness (QED) is 0.200. The van der Waals surface area contributed by atoms with Crippen LogP contribution in [0.25, 0.3) is 45.7 Å². The lowest BCUT2D eigenvalue weighted by Gasteiger charge is -2.27. The molecule has 1 atom stereocenters. The Morgan fingerprint density at radius 1 is 0.667 bits per heavy atom. The van der Waals surface area contributed by atoms with Crippen molar-refractivity contribution >= 4 is 40.0 Å². The Hall–Kier alpha value is -5.29. The molecular weight excluding hydrogens is 587 g/mol. The maximum absolute atomic E-state index is 5.47. The van der Waals surface area contributed by atoms with Crippen LogP contribution in [-0.4, -0.2) is 23.9 Å². The van der Waals surface area contributed by atoms with Crippen molar-refractivity contribution < 1.29 is 0 Å². The van der Waals surface area contributed by atoms with Crippen molar-refractivity contribution in [1.29, 1.82) is 0 Å². The van der Waals surface area contributed by atoms with E-state index in [1.54, 1.807) is 0 Å². The van der Waals surface area contributed by atoms with E-state index < -0.39 is 0 Å². The second-order valence-corrected chi connectivity index (χ2v) is 13.7. The lowest BCUT2D eigenvalue weighted by atomic mass is 9.80. The molecule has 0 N–H and O–H groups in total. The van der Waals surface area contributed by atoms with Gasteiger partial charge in [0.1, 0.15) is 17.3 Å². The van der Waals surface area contributed by atoms with Gasteiger partial charge in [0.2, 0.25) is 0 Å². The second kappa shape index (κ2) is 11.2. The highest BCUT2D eigenvalue weighted by Gasteiger charge is 2.28. The largest absolute Gasteiger partial charge is 0.293 e. The van der Waals surface area contributed by atoms with E-state index in [2.05, 4.69) is 118 Å². The summed E-state index contributed by atoms with van der Waals surface area (Å²) in [5, 5.41) is 0. The smallest absolute Gasteiger partial charge is 0.148 e. The molecule has 3 heterocycles. The zero-order chi connectivity index (χ0) is 31.6. The molecular formula is C43H37N5. The molecule has 0 saturated heterocycles. The fraction of sp³-hybridized carbons (Fsp3) is 0.233. The molecule has 234 valence electrons. The van der Waals surface area contributed by atoms with Gasteiger partial charge in [0.05, 0.1) is 28.1 Å². The molecule has 0 spiro atoms. The monoisotopic (exact) mass is 623 g/mol. The van der Waals surface area contributed by atoms with Gasteiger partial charge in [-0.1, -0.05) is 72.9 Å². The second-order valence-electron chi connectivity index (χ2n) is 13.7. The van der Waals surface area contributed by atoms with Crippen molar-refractivity contribution in [1.82, 2.24) is 23.9 Å². The lowest BCUT2D eigenvalue weighted by molar-refractivity contribution is 0.570. The van der Waals surface area contributed by atoms with Crippen molar-refractivity contribution in [3.63, 3.8) is 0 Å². The van der Waals surface area contributed by atoms with E-state index in [1.807, 2.05) is 0 Å². The highest BCUT2D eigenvalue weighted by Crippen LogP contribution is 2.41. The van der Waals surface area contributed by atoms with Crippen LogP contribution in [0.5, 0.6) is 0 Å². The van der Waals surface area contributed by atoms with Gasteiger partial charge in [0, 0.05) is 11.3 Å². The molecule has 0 saturated carbocycles. The fourth-order valence-corrected chi connectivity index (χ4v) is 8.44. The molecule has 0 bridgehead atoms. The van der Waals surface area contributed by atoms with Crippen LogP contribution in [0.2, 0.25) is 0 Å². The van der Waals surface area contributed by atoms with E-state index in [4.69, 9.17) is 15.0 Å². The van der Waals surface area contributed by atoms with Crippen LogP contribution in [0.15, 0.2) is 114 Å². The number of para-hydroxylation sites is 3. The molecule has 2 aromatic carbocycles. The van der Waals surface area contributed by atoms with Crippen LogP contribution in [-0.2, 0) is 12.8 Å². The van der Waals surface area contributed by atoms with Gasteiger partial charge in [-0.05, 0) is 128 Å². The third-order valence-corrected chi connectivity index (χ3v) is 10.9. The van der Waals surface area contributed by atoms with Crippen molar-refractivity contribution in [2.45, 2.75) is 57.8 Å². The Labute approximate surface area is 280 Å². The first kappa shape index (κ1) is 27.8. The number of hydrogen-bond acceptors (Lipinski definition) is 3. The minimum Gasteiger partial charge on any atom is -0.293 e. The predicted octanol–water partition coefficient (Wildman–Crippen LogP) is 9.84. The molecule has 0 aliphatic heterocycles. The van der Waals surface area contributed by atoms with Crippen LogP contribution in [0.3, 0.4) is 0 Å². The number of aryl methyl sites for hydroxylation is 2. The molecule has 5 aliphatic carbocycles. The number of aromatic nitrogens is 5. The van der Waals surface area contributed by atoms with Gasteiger partial charge in [-0.2, -0.15) is 0 Å². The van der Waals surface area contributed by atoms with Gasteiger partial charge < -0.3 is 0 Å². The average molecular weight is 624 g/mol. The van der Waals surface area contributed by atoms with E-state index in [0.717, 1.165) is 91.1 Å². The number of nitrogens with zero attached hydrogens (tertiary/aromatic N) is 5. The number of fused-ring (bicyclic) bond motifs is 7. The molecule has 1 unspecified atom stereocenters. The zero-order valence-electron chi connectivity index (χ0n) is 27.1. The van der Waals surface area contributed by atoms with Crippen LogP contribution >= 0.6 is 0 Å². The third-order valence-electron chi connectivity index (χ3n) is 10.9. The lowest BCUT2D eigenvalue weighted by Crippen LogP contribution is -2.16. The molecule has 5 heteroatoms. The molecule has 5 nitrogen and oxygen atoms in total. The summed E-state index contributed by atoms with van der Waals surface area (Å²) in [6, 6.07) is 19.1. The first-order valence-electron chi connectivity index (χ1n) is 17.6. The van der Waals surface area contributed by atoms with Crippen LogP contribution < -0.4 is 0 Å². The van der Waals surface area contributed by atoms with Crippen molar-refractivity contribution in [2.75, 3.05) is 0 Å². The van der Waals surface area contributed by atoms with Crippen molar-refractivity contribution in [3.05, 3.63) is 148 Å². The molecule has 0 amide bonds. The number of hydrogen-bond donors (Lipinski definition) is 0. The molecule has 0 fully saturated rings. The summed E-state index contributed by atoms with van der Waals surface area (Å²) in [5.41, 5.74) is 16.2. The first-order chi connectivity index (χ1) is 23.8. The fourth-order valence-electron chi connectivity index (χ4n) is 8.44. The zero-order valence-corrected chi connectivity index (χ0v) is 27.1. The Bertz CT molecular complexity index is 2370. The highest BCUT2D eigenvalue weighted by molar-refractivity contribution is 5.84. The highest BCUT2D eigenvalue weighted by atomic mass is 15.1. The Morgan fingerprint density at radius 2 is 1.52 bits per heavy atom. The summed E-state index contributed by atoms with van der Waals surface area (Å²) in [7, 11) is 0. The Kier molecular flexibility index (Phi) is 6.46. The maximum Gasteiger partial charge on any atom is 0.148 e. The van der Waals surface area contributed by atoms with Gasteiger partial charge in [-0.3, -0.25) is 8.97 Å². The minimum absolute atomic E-state index is 0.646. The summed E-state index contributed by atoms with van der Waals surface area (Å²) < 4.78 is 4.73. The predicted molar refractivity (Wildman–Crippen MR) is 196 cm³/mol. The SMILES string of the molecule is C1=CCC2CCC(c3nc4c(c5nc6c(n35)CCC=C6)C=C(C3=CC=C(c5nc6ccccc6n5-c5ccccc5)CC3)CC4)=CC2=C1. The third kappa shape index (κ3) is 4.48. The minimum atomic E-state index is 0.646. The normalized spacial score (nSPS) is 20.0. The average Bonchev–Trinajstić information content (AvgIpc) is 3.74. The van der Waals surface area contributed by atoms with Gasteiger partial charge in [0.25, 0.3) is 0 Å². The van der Waals surface area contributed by atoms with E-state index in [0.29, 0.717) is 5.92 Å². The summed E-state index contributed by atoms with van der Waals surface area (Å²) in [4.78, 5) is 15.9. The molecule has 10 rings (SSSR count). The number of imidazole rings is 2. The molecule has 5 aliphatic rings. The summed E-state index contributed by atoms with van der Waals surface area (Å²) in [5.74, 6) is 2.80. The van der Waals surface area contributed by atoms with E-state index in [1.165, 1.54) is 51.2 Å². The van der Waals surface area contributed by atoms with Crippen molar-refractivity contribution in [2.24, 2.45) is 5.92 Å². The van der Waals surface area contributed by atoms with Gasteiger partial charge in [-0.15, -0.1) is 0 Å². The number of benzene rings is 2. The molecule has 0 radical (unpaired) electrons. The summed E-state index contributed by atoms with van der Waals surface area (Å²) in [6.07, 6.45) is 30.2. The molecule has 3 aromatic heterocycles. The van der Waals surface area contributed by atoms with Gasteiger partial charge >= 0.3 is 0 Å². The van der Waals surface area contributed by atoms with Crippen LogP contribution in [0, 0.1) is 5.92 Å². The van der Waals surface area contributed by atoms with E-state index >= 15 is 0 Å². The van der Waals surface area contributed by atoms with Crippen LogP contribution in [0.4, 0.5) is 0 Å². The molecule has 48 heavy (non-hydrogen) atoms. The topological polar surface area (TPSA) is 48.0 Å². The van der Waals surface area contributed by atoms with Crippen LogP contribution in [0.1, 0.15) is 79.2 Å². The number of allylic oxidation sites excluding steroid dienone is 12. The standard InChI is InChI=1S/C43H37N5/c1-2-12-34(13-3-1)47-39-16-8-6-14-37(39)45-41(47)30-21-18-29(19-22-30)32-24-25-36-35(27-32)43-46-38-15-7-9-17-40(38)48(43)42(44-36)33-23-20-28-10-4-5-11-31(28)26-33/h1-8,11-16,18,21,26-28H,9-10,17,19-20,22-25H2. The van der Waals surface area contributed by atoms with E-state index in [9.17, 15) is 0 Å². The van der Waals surface area contributed by atoms with Crippen molar-refractivity contribution in [3.8, 4) is 5.69 Å². The molecule has 5 aromatic rings. The van der Waals surface area contributed by atoms with Gasteiger partial charge in [0.15, 0.2) is 0 Å². The van der Waals surface area contributed by atoms with E-state index in [-0.39, 0.29) is 0 Å².